The summed E-state index contributed by atoms with van der Waals surface area (Å²) in [6, 6.07) is 14.5. The summed E-state index contributed by atoms with van der Waals surface area (Å²) in [6.45, 7) is 9.30. The van der Waals surface area contributed by atoms with Gasteiger partial charge in [0, 0.05) is 36.2 Å². The van der Waals surface area contributed by atoms with Gasteiger partial charge in [-0.15, -0.1) is 0 Å². The summed E-state index contributed by atoms with van der Waals surface area (Å²) in [5.41, 5.74) is 8.25. The zero-order chi connectivity index (χ0) is 24.4. The number of thiocarbonyl (C=S) groups is 1. The summed E-state index contributed by atoms with van der Waals surface area (Å²) in [4.78, 5) is 18.6. The van der Waals surface area contributed by atoms with Gasteiger partial charge in [0.1, 0.15) is 0 Å². The Bertz CT molecular complexity index is 1200. The Labute approximate surface area is 207 Å². The number of carbonyl (C=O) groups is 1. The first-order valence-electron chi connectivity index (χ1n) is 11.6. The van der Waals surface area contributed by atoms with Gasteiger partial charge in [-0.3, -0.25) is 9.78 Å². The fourth-order valence-electron chi connectivity index (χ4n) is 4.92. The van der Waals surface area contributed by atoms with Gasteiger partial charge in [-0.1, -0.05) is 18.2 Å². The molecule has 7 heteroatoms. The number of hydrogen-bond acceptors (Lipinski definition) is 4. The molecule has 1 aliphatic heterocycles. The van der Waals surface area contributed by atoms with Crippen LogP contribution in [0.5, 0.6) is 0 Å². The number of esters is 1. The predicted octanol–water partition coefficient (Wildman–Crippen LogP) is 5.03. The molecule has 2 aromatic heterocycles. The van der Waals surface area contributed by atoms with Crippen LogP contribution in [0, 0.1) is 27.7 Å². The lowest BCUT2D eigenvalue weighted by Crippen LogP contribution is -2.31. The average molecular weight is 477 g/mol. The van der Waals surface area contributed by atoms with Crippen LogP contribution in [-0.4, -0.2) is 39.2 Å². The molecule has 3 heterocycles. The maximum Gasteiger partial charge on any atom is 0.305 e. The molecular formula is C27H32N4O2S. The summed E-state index contributed by atoms with van der Waals surface area (Å²) in [5.74, 6) is -0.205. The molecular weight excluding hydrogens is 444 g/mol. The number of benzene rings is 1. The van der Waals surface area contributed by atoms with Crippen molar-refractivity contribution in [3.05, 3.63) is 82.4 Å². The Balaban J connectivity index is 1.78. The molecule has 1 fully saturated rings. The van der Waals surface area contributed by atoms with Gasteiger partial charge in [0.15, 0.2) is 5.11 Å². The van der Waals surface area contributed by atoms with E-state index in [9.17, 15) is 4.79 Å². The number of ether oxygens (including phenoxy) is 1. The second-order valence-electron chi connectivity index (χ2n) is 8.88. The molecule has 178 valence electrons. The largest absolute Gasteiger partial charge is 0.469 e. The molecule has 0 radical (unpaired) electrons. The van der Waals surface area contributed by atoms with E-state index in [4.69, 9.17) is 17.0 Å². The molecule has 4 rings (SSSR count). The quantitative estimate of drug-likeness (QED) is 0.381. The number of aryl methyl sites for hydroxylation is 2. The number of pyridine rings is 1. The van der Waals surface area contributed by atoms with E-state index in [0.717, 1.165) is 5.69 Å². The third-order valence-corrected chi connectivity index (χ3v) is 7.16. The summed E-state index contributed by atoms with van der Waals surface area (Å²) < 4.78 is 7.17. The maximum absolute atomic E-state index is 11.7. The van der Waals surface area contributed by atoms with E-state index in [-0.39, 0.29) is 18.1 Å². The molecule has 0 amide bonds. The minimum Gasteiger partial charge on any atom is -0.469 e. The van der Waals surface area contributed by atoms with E-state index in [0.29, 0.717) is 24.5 Å². The van der Waals surface area contributed by atoms with Crippen molar-refractivity contribution in [3.63, 3.8) is 0 Å². The highest BCUT2D eigenvalue weighted by Gasteiger charge is 2.41. The van der Waals surface area contributed by atoms with Crippen molar-refractivity contribution in [2.24, 2.45) is 0 Å². The van der Waals surface area contributed by atoms with E-state index >= 15 is 0 Å². The standard InChI is InChI=1S/C27H32N4O2S/c1-17-10-8-12-23(19(17)3)31-18(2)16-21(20(31)4)26-25(22-11-6-7-14-28-22)29-27(34)30(26)15-9-13-24(32)33-5/h6-8,10-12,14,16,25-26H,9,13,15H2,1-5H3,(H,29,34). The predicted molar refractivity (Wildman–Crippen MR) is 138 cm³/mol. The first-order valence-corrected chi connectivity index (χ1v) is 12.0. The van der Waals surface area contributed by atoms with Crippen LogP contribution in [0.25, 0.3) is 5.69 Å². The van der Waals surface area contributed by atoms with Crippen molar-refractivity contribution in [1.29, 1.82) is 0 Å². The smallest absolute Gasteiger partial charge is 0.305 e. The summed E-state index contributed by atoms with van der Waals surface area (Å²) in [6.07, 6.45) is 2.84. The number of hydrogen-bond donors (Lipinski definition) is 1. The third kappa shape index (κ3) is 4.44. The van der Waals surface area contributed by atoms with Gasteiger partial charge in [-0.25, -0.2) is 0 Å². The first-order chi connectivity index (χ1) is 16.3. The SMILES string of the molecule is COC(=O)CCCN1C(=S)NC(c2ccccn2)C1c1cc(C)n(-c2cccc(C)c2C)c1C. The molecule has 2 unspecified atom stereocenters. The fraction of sp³-hybridized carbons (Fsp3) is 0.370. The van der Waals surface area contributed by atoms with E-state index in [1.165, 1.54) is 40.9 Å². The topological polar surface area (TPSA) is 59.4 Å². The zero-order valence-corrected chi connectivity index (χ0v) is 21.3. The number of methoxy groups -OCH3 is 1. The molecule has 0 saturated carbocycles. The maximum atomic E-state index is 11.7. The van der Waals surface area contributed by atoms with Crippen molar-refractivity contribution >= 4 is 23.3 Å². The number of nitrogens with zero attached hydrogens (tertiary/aromatic N) is 3. The van der Waals surface area contributed by atoms with Crippen LogP contribution < -0.4 is 5.32 Å². The van der Waals surface area contributed by atoms with E-state index < -0.39 is 0 Å². The van der Waals surface area contributed by atoms with Crippen molar-refractivity contribution in [2.45, 2.75) is 52.6 Å². The third-order valence-electron chi connectivity index (χ3n) is 6.81. The summed E-state index contributed by atoms with van der Waals surface area (Å²) in [5, 5.41) is 4.19. The highest BCUT2D eigenvalue weighted by atomic mass is 32.1. The molecule has 0 spiro atoms. The second kappa shape index (κ2) is 9.97. The Morgan fingerprint density at radius 3 is 2.65 bits per heavy atom. The van der Waals surface area contributed by atoms with Gasteiger partial charge in [0.25, 0.3) is 0 Å². The molecule has 1 aliphatic rings. The Morgan fingerprint density at radius 2 is 1.94 bits per heavy atom. The van der Waals surface area contributed by atoms with Crippen LogP contribution in [0.2, 0.25) is 0 Å². The second-order valence-corrected chi connectivity index (χ2v) is 9.27. The van der Waals surface area contributed by atoms with Crippen molar-refractivity contribution < 1.29 is 9.53 Å². The highest BCUT2D eigenvalue weighted by molar-refractivity contribution is 7.80. The Hall–Kier alpha value is -3.19. The average Bonchev–Trinajstić information content (AvgIpc) is 3.31. The van der Waals surface area contributed by atoms with Gasteiger partial charge in [-0.2, -0.15) is 0 Å². The van der Waals surface area contributed by atoms with Gasteiger partial charge < -0.3 is 19.5 Å². The molecule has 0 bridgehead atoms. The van der Waals surface area contributed by atoms with E-state index in [1.54, 1.807) is 0 Å². The van der Waals surface area contributed by atoms with Crippen molar-refractivity contribution in [1.82, 2.24) is 19.8 Å². The Morgan fingerprint density at radius 1 is 1.15 bits per heavy atom. The van der Waals surface area contributed by atoms with Crippen molar-refractivity contribution in [3.8, 4) is 5.69 Å². The Kier molecular flexibility index (Phi) is 7.03. The summed E-state index contributed by atoms with van der Waals surface area (Å²) >= 11 is 5.78. The van der Waals surface area contributed by atoms with Gasteiger partial charge in [0.05, 0.1) is 24.9 Å². The number of nitrogens with one attached hydrogen (secondary N) is 1. The highest BCUT2D eigenvalue weighted by Crippen LogP contribution is 2.41. The van der Waals surface area contributed by atoms with Crippen LogP contribution in [0.3, 0.4) is 0 Å². The molecule has 1 saturated heterocycles. The molecule has 2 atom stereocenters. The minimum absolute atomic E-state index is 0.0369. The molecule has 1 aromatic carbocycles. The van der Waals surface area contributed by atoms with Gasteiger partial charge in [-0.05, 0) is 87.3 Å². The van der Waals surface area contributed by atoms with Crippen LogP contribution in [0.15, 0.2) is 48.7 Å². The summed E-state index contributed by atoms with van der Waals surface area (Å²) in [7, 11) is 1.42. The number of rotatable bonds is 7. The zero-order valence-electron chi connectivity index (χ0n) is 20.5. The van der Waals surface area contributed by atoms with Gasteiger partial charge in [0.2, 0.25) is 0 Å². The van der Waals surface area contributed by atoms with Gasteiger partial charge >= 0.3 is 5.97 Å². The minimum atomic E-state index is -0.205. The molecule has 3 aromatic rings. The van der Waals surface area contributed by atoms with Crippen LogP contribution in [-0.2, 0) is 9.53 Å². The molecule has 34 heavy (non-hydrogen) atoms. The normalized spacial score (nSPS) is 17.7. The lowest BCUT2D eigenvalue weighted by Gasteiger charge is -2.28. The molecule has 6 nitrogen and oxygen atoms in total. The van der Waals surface area contributed by atoms with Crippen molar-refractivity contribution in [2.75, 3.05) is 13.7 Å². The number of carbonyl (C=O) groups excluding carboxylic acids is 1. The number of aromatic nitrogens is 2. The van der Waals surface area contributed by atoms with E-state index in [1.807, 2.05) is 24.4 Å². The van der Waals surface area contributed by atoms with Crippen LogP contribution in [0.4, 0.5) is 0 Å². The van der Waals surface area contributed by atoms with Crippen LogP contribution >= 0.6 is 12.2 Å². The fourth-order valence-corrected chi connectivity index (χ4v) is 5.25. The first kappa shape index (κ1) is 24.0. The van der Waals surface area contributed by atoms with E-state index in [2.05, 4.69) is 71.7 Å². The molecule has 0 aliphatic carbocycles. The monoisotopic (exact) mass is 476 g/mol. The lowest BCUT2D eigenvalue weighted by molar-refractivity contribution is -0.140. The molecule has 1 N–H and O–H groups in total. The van der Waals surface area contributed by atoms with Crippen LogP contribution in [0.1, 0.15) is 58.7 Å². The lowest BCUT2D eigenvalue weighted by atomic mass is 9.96.